The minimum absolute atomic E-state index is 0.468. The van der Waals surface area contributed by atoms with E-state index in [9.17, 15) is 13.2 Å². The van der Waals surface area contributed by atoms with Crippen LogP contribution in [0, 0.1) is 6.92 Å². The normalized spacial score (nSPS) is 13.6. The van der Waals surface area contributed by atoms with E-state index >= 15 is 0 Å². The molecule has 0 saturated carbocycles. The highest BCUT2D eigenvalue weighted by Crippen LogP contribution is 2.29. The summed E-state index contributed by atoms with van der Waals surface area (Å²) in [6.45, 7) is 1.77. The Morgan fingerprint density at radius 3 is 2.44 bits per heavy atom. The van der Waals surface area contributed by atoms with Gasteiger partial charge in [0, 0.05) is 6.04 Å². The Balaban J connectivity index is 2.85. The number of rotatable bonds is 3. The van der Waals surface area contributed by atoms with E-state index < -0.39 is 18.6 Å². The molecule has 1 atom stereocenters. The summed E-state index contributed by atoms with van der Waals surface area (Å²) in [5.41, 5.74) is 6.72. The number of hydrogen-bond donors (Lipinski definition) is 1. The van der Waals surface area contributed by atoms with Crippen LogP contribution >= 0.6 is 0 Å². The molecule has 0 bridgehead atoms. The molecule has 0 fully saturated rings. The largest absolute Gasteiger partial charge is 0.496 e. The number of aryl methyl sites for hydroxylation is 1. The molecule has 0 radical (unpaired) electrons. The minimum atomic E-state index is -4.24. The van der Waals surface area contributed by atoms with Crippen LogP contribution in [-0.4, -0.2) is 13.3 Å². The van der Waals surface area contributed by atoms with Crippen molar-refractivity contribution in [2.24, 2.45) is 5.73 Å². The van der Waals surface area contributed by atoms with Crippen molar-refractivity contribution in [3.8, 4) is 5.75 Å². The van der Waals surface area contributed by atoms with Gasteiger partial charge < -0.3 is 10.5 Å². The molecule has 0 aliphatic carbocycles. The minimum Gasteiger partial charge on any atom is -0.496 e. The fourth-order valence-electron chi connectivity index (χ4n) is 1.50. The first-order valence-electron chi connectivity index (χ1n) is 4.80. The van der Waals surface area contributed by atoms with Crippen molar-refractivity contribution >= 4 is 0 Å². The van der Waals surface area contributed by atoms with Gasteiger partial charge in [0.15, 0.2) is 0 Å². The molecule has 0 aromatic heterocycles. The van der Waals surface area contributed by atoms with E-state index in [4.69, 9.17) is 10.5 Å². The first-order valence-corrected chi connectivity index (χ1v) is 4.80. The van der Waals surface area contributed by atoms with Gasteiger partial charge in [-0.15, -0.1) is 0 Å². The number of methoxy groups -OCH3 is 1. The monoisotopic (exact) mass is 233 g/mol. The Morgan fingerprint density at radius 1 is 1.38 bits per heavy atom. The third-order valence-corrected chi connectivity index (χ3v) is 2.30. The Bertz CT molecular complexity index is 363. The molecule has 1 rings (SSSR count). The zero-order valence-corrected chi connectivity index (χ0v) is 9.14. The molecule has 1 unspecified atom stereocenters. The fraction of sp³-hybridized carbons (Fsp3) is 0.455. The van der Waals surface area contributed by atoms with Crippen molar-refractivity contribution in [2.45, 2.75) is 25.6 Å². The van der Waals surface area contributed by atoms with Gasteiger partial charge >= 0.3 is 6.18 Å². The standard InChI is InChI=1S/C11H14F3NO/c1-7-5-8(3-4-10(7)16-2)9(15)6-11(12,13)14/h3-5,9H,6,15H2,1-2H3. The molecule has 0 spiro atoms. The predicted molar refractivity (Wildman–Crippen MR) is 55.3 cm³/mol. The average molecular weight is 233 g/mol. The number of ether oxygens (including phenoxy) is 1. The van der Waals surface area contributed by atoms with Crippen LogP contribution in [0.5, 0.6) is 5.75 Å². The van der Waals surface area contributed by atoms with Crippen molar-refractivity contribution in [1.29, 1.82) is 0 Å². The van der Waals surface area contributed by atoms with Crippen molar-refractivity contribution in [1.82, 2.24) is 0 Å². The summed E-state index contributed by atoms with van der Waals surface area (Å²) >= 11 is 0. The smallest absolute Gasteiger partial charge is 0.390 e. The van der Waals surface area contributed by atoms with Crippen molar-refractivity contribution in [3.05, 3.63) is 29.3 Å². The molecule has 0 aliphatic rings. The third-order valence-electron chi connectivity index (χ3n) is 2.30. The molecule has 16 heavy (non-hydrogen) atoms. The lowest BCUT2D eigenvalue weighted by Crippen LogP contribution is -2.20. The number of halogens is 3. The maximum absolute atomic E-state index is 12.1. The van der Waals surface area contributed by atoms with Gasteiger partial charge in [0.05, 0.1) is 13.5 Å². The van der Waals surface area contributed by atoms with E-state index in [-0.39, 0.29) is 0 Å². The van der Waals surface area contributed by atoms with Gasteiger partial charge in [0.2, 0.25) is 0 Å². The Labute approximate surface area is 92.2 Å². The van der Waals surface area contributed by atoms with E-state index in [0.29, 0.717) is 11.3 Å². The molecule has 0 saturated heterocycles. The summed E-state index contributed by atoms with van der Waals surface area (Å²) in [6.07, 6.45) is -5.26. The number of benzene rings is 1. The zero-order valence-electron chi connectivity index (χ0n) is 9.14. The van der Waals surface area contributed by atoms with Gasteiger partial charge in [-0.1, -0.05) is 12.1 Å². The number of alkyl halides is 3. The lowest BCUT2D eigenvalue weighted by molar-refractivity contribution is -0.138. The summed E-state index contributed by atoms with van der Waals surface area (Å²) in [7, 11) is 1.51. The van der Waals surface area contributed by atoms with Gasteiger partial charge in [-0.25, -0.2) is 0 Å². The Kier molecular flexibility index (Phi) is 3.80. The summed E-state index contributed by atoms with van der Waals surface area (Å²) in [5, 5.41) is 0. The summed E-state index contributed by atoms with van der Waals surface area (Å²) in [5.74, 6) is 0.642. The highest BCUT2D eigenvalue weighted by molar-refractivity contribution is 5.37. The van der Waals surface area contributed by atoms with Crippen LogP contribution < -0.4 is 10.5 Å². The summed E-state index contributed by atoms with van der Waals surface area (Å²) in [6, 6.07) is 3.78. The van der Waals surface area contributed by atoms with Gasteiger partial charge in [0.1, 0.15) is 5.75 Å². The average Bonchev–Trinajstić information content (AvgIpc) is 2.15. The third kappa shape index (κ3) is 3.41. The second-order valence-corrected chi connectivity index (χ2v) is 3.65. The molecule has 2 N–H and O–H groups in total. The number of nitrogens with two attached hydrogens (primary N) is 1. The van der Waals surface area contributed by atoms with Crippen LogP contribution in [0.1, 0.15) is 23.6 Å². The van der Waals surface area contributed by atoms with Crippen molar-refractivity contribution in [3.63, 3.8) is 0 Å². The SMILES string of the molecule is COc1ccc(C(N)CC(F)(F)F)cc1C. The first-order chi connectivity index (χ1) is 7.33. The highest BCUT2D eigenvalue weighted by atomic mass is 19.4. The van der Waals surface area contributed by atoms with Crippen LogP contribution in [0.15, 0.2) is 18.2 Å². The zero-order chi connectivity index (χ0) is 12.3. The molecule has 0 heterocycles. The van der Waals surface area contributed by atoms with Crippen molar-refractivity contribution in [2.75, 3.05) is 7.11 Å². The molecular weight excluding hydrogens is 219 g/mol. The molecule has 1 aromatic rings. The van der Waals surface area contributed by atoms with E-state index in [1.165, 1.54) is 7.11 Å². The maximum Gasteiger partial charge on any atom is 0.390 e. The van der Waals surface area contributed by atoms with Gasteiger partial charge in [-0.05, 0) is 24.1 Å². The van der Waals surface area contributed by atoms with Gasteiger partial charge in [-0.3, -0.25) is 0 Å². The predicted octanol–water partition coefficient (Wildman–Crippen LogP) is 2.96. The highest BCUT2D eigenvalue weighted by Gasteiger charge is 2.30. The Morgan fingerprint density at radius 2 is 2.00 bits per heavy atom. The fourth-order valence-corrected chi connectivity index (χ4v) is 1.50. The van der Waals surface area contributed by atoms with Gasteiger partial charge in [0.25, 0.3) is 0 Å². The molecule has 90 valence electrons. The summed E-state index contributed by atoms with van der Waals surface area (Å²) in [4.78, 5) is 0. The molecule has 0 aliphatic heterocycles. The van der Waals surface area contributed by atoms with Crippen molar-refractivity contribution < 1.29 is 17.9 Å². The van der Waals surface area contributed by atoms with Crippen LogP contribution in [0.4, 0.5) is 13.2 Å². The van der Waals surface area contributed by atoms with Crippen LogP contribution in [-0.2, 0) is 0 Å². The topological polar surface area (TPSA) is 35.2 Å². The van der Waals surface area contributed by atoms with E-state index in [1.807, 2.05) is 0 Å². The molecular formula is C11H14F3NO. The quantitative estimate of drug-likeness (QED) is 0.871. The second kappa shape index (κ2) is 4.74. The first kappa shape index (κ1) is 12.8. The Hall–Kier alpha value is -1.23. The van der Waals surface area contributed by atoms with Crippen LogP contribution in [0.3, 0.4) is 0 Å². The lowest BCUT2D eigenvalue weighted by atomic mass is 10.0. The van der Waals surface area contributed by atoms with E-state index in [0.717, 1.165) is 5.56 Å². The molecule has 1 aromatic carbocycles. The van der Waals surface area contributed by atoms with Gasteiger partial charge in [-0.2, -0.15) is 13.2 Å². The van der Waals surface area contributed by atoms with Crippen LogP contribution in [0.25, 0.3) is 0 Å². The summed E-state index contributed by atoms with van der Waals surface area (Å²) < 4.78 is 41.4. The van der Waals surface area contributed by atoms with E-state index in [2.05, 4.69) is 0 Å². The lowest BCUT2D eigenvalue weighted by Gasteiger charge is -2.15. The molecule has 5 heteroatoms. The van der Waals surface area contributed by atoms with Crippen LogP contribution in [0.2, 0.25) is 0 Å². The van der Waals surface area contributed by atoms with E-state index in [1.54, 1.807) is 25.1 Å². The maximum atomic E-state index is 12.1. The molecule has 0 amide bonds. The molecule has 2 nitrogen and oxygen atoms in total. The second-order valence-electron chi connectivity index (χ2n) is 3.65. The number of hydrogen-bond acceptors (Lipinski definition) is 2.